The van der Waals surface area contributed by atoms with Crippen LogP contribution in [0.25, 0.3) is 0 Å². The number of rotatable bonds is 4. The van der Waals surface area contributed by atoms with Gasteiger partial charge in [0.1, 0.15) is 0 Å². The lowest BCUT2D eigenvalue weighted by atomic mass is 10.1. The van der Waals surface area contributed by atoms with Gasteiger partial charge in [-0.2, -0.15) is 4.31 Å². The van der Waals surface area contributed by atoms with Crippen LogP contribution in [0.4, 0.5) is 0 Å². The highest BCUT2D eigenvalue weighted by atomic mass is 35.5. The van der Waals surface area contributed by atoms with Crippen molar-refractivity contribution in [2.75, 3.05) is 7.05 Å². The first kappa shape index (κ1) is 15.8. The maximum absolute atomic E-state index is 12.5. The van der Waals surface area contributed by atoms with Crippen molar-refractivity contribution in [2.24, 2.45) is 0 Å². The van der Waals surface area contributed by atoms with E-state index in [1.54, 1.807) is 25.1 Å². The number of aromatic nitrogens is 1. The first-order valence-electron chi connectivity index (χ1n) is 6.24. The van der Waals surface area contributed by atoms with Gasteiger partial charge < -0.3 is 4.98 Å². The SMILES string of the molecule is CC(c1cccc(Cl)c1)N(C)S(=O)(=O)c1ccc(=O)[nH]c1. The van der Waals surface area contributed by atoms with E-state index in [9.17, 15) is 13.2 Å². The van der Waals surface area contributed by atoms with E-state index < -0.39 is 10.0 Å². The summed E-state index contributed by atoms with van der Waals surface area (Å²) in [4.78, 5) is 13.4. The molecule has 1 atom stereocenters. The zero-order valence-corrected chi connectivity index (χ0v) is 13.1. The van der Waals surface area contributed by atoms with Gasteiger partial charge in [0.2, 0.25) is 15.6 Å². The highest BCUT2D eigenvalue weighted by Crippen LogP contribution is 2.26. The molecule has 0 saturated heterocycles. The van der Waals surface area contributed by atoms with Crippen LogP contribution in [0.3, 0.4) is 0 Å². The number of sulfonamides is 1. The maximum atomic E-state index is 12.5. The topological polar surface area (TPSA) is 70.2 Å². The van der Waals surface area contributed by atoms with Crippen molar-refractivity contribution in [3.8, 4) is 0 Å². The summed E-state index contributed by atoms with van der Waals surface area (Å²) in [5.41, 5.74) is 0.442. The molecule has 2 aromatic rings. The van der Waals surface area contributed by atoms with Crippen LogP contribution in [-0.4, -0.2) is 24.8 Å². The second-order valence-corrected chi connectivity index (χ2v) is 7.07. The van der Waals surface area contributed by atoms with Gasteiger partial charge in [0.15, 0.2) is 0 Å². The minimum absolute atomic E-state index is 0.0403. The lowest BCUT2D eigenvalue weighted by molar-refractivity contribution is 0.398. The van der Waals surface area contributed by atoms with E-state index >= 15 is 0 Å². The third-order valence-corrected chi connectivity index (χ3v) is 5.47. The Morgan fingerprint density at radius 3 is 2.52 bits per heavy atom. The molecule has 1 unspecified atom stereocenters. The fourth-order valence-electron chi connectivity index (χ4n) is 1.91. The minimum Gasteiger partial charge on any atom is -0.328 e. The first-order chi connectivity index (χ1) is 9.82. The third-order valence-electron chi connectivity index (χ3n) is 3.31. The maximum Gasteiger partial charge on any atom is 0.247 e. The van der Waals surface area contributed by atoms with Crippen molar-refractivity contribution in [3.63, 3.8) is 0 Å². The van der Waals surface area contributed by atoms with E-state index in [0.29, 0.717) is 5.02 Å². The van der Waals surface area contributed by atoms with Crippen molar-refractivity contribution in [3.05, 3.63) is 63.5 Å². The van der Waals surface area contributed by atoms with Crippen LogP contribution < -0.4 is 5.56 Å². The first-order valence-corrected chi connectivity index (χ1v) is 8.06. The van der Waals surface area contributed by atoms with Gasteiger partial charge in [0, 0.05) is 30.4 Å². The number of pyridine rings is 1. The van der Waals surface area contributed by atoms with Crippen LogP contribution in [0.5, 0.6) is 0 Å². The molecule has 1 heterocycles. The highest BCUT2D eigenvalue weighted by molar-refractivity contribution is 7.89. The number of nitrogens with one attached hydrogen (secondary N) is 1. The summed E-state index contributed by atoms with van der Waals surface area (Å²) < 4.78 is 26.3. The van der Waals surface area contributed by atoms with Gasteiger partial charge in [0.25, 0.3) is 0 Å². The van der Waals surface area contributed by atoms with E-state index in [1.165, 1.54) is 29.7 Å². The summed E-state index contributed by atoms with van der Waals surface area (Å²) in [7, 11) is -2.20. The predicted octanol–water partition coefficient (Wildman–Crippen LogP) is 2.41. The number of H-pyrrole nitrogens is 1. The van der Waals surface area contributed by atoms with E-state index in [-0.39, 0.29) is 16.5 Å². The smallest absolute Gasteiger partial charge is 0.247 e. The molecule has 0 spiro atoms. The van der Waals surface area contributed by atoms with E-state index in [2.05, 4.69) is 4.98 Å². The fourth-order valence-corrected chi connectivity index (χ4v) is 3.42. The number of hydrogen-bond acceptors (Lipinski definition) is 3. The monoisotopic (exact) mass is 326 g/mol. The number of hydrogen-bond donors (Lipinski definition) is 1. The molecule has 1 aromatic carbocycles. The van der Waals surface area contributed by atoms with Crippen LogP contribution in [0, 0.1) is 0 Å². The second-order valence-electron chi connectivity index (χ2n) is 4.64. The molecule has 0 bridgehead atoms. The average Bonchev–Trinajstić information content (AvgIpc) is 2.46. The van der Waals surface area contributed by atoms with E-state index in [4.69, 9.17) is 11.6 Å². The summed E-state index contributed by atoms with van der Waals surface area (Å²) in [5.74, 6) is 0. The third kappa shape index (κ3) is 3.34. The zero-order valence-electron chi connectivity index (χ0n) is 11.6. The lowest BCUT2D eigenvalue weighted by Crippen LogP contribution is -2.30. The summed E-state index contributed by atoms with van der Waals surface area (Å²) in [6.45, 7) is 1.77. The van der Waals surface area contributed by atoms with Crippen LogP contribution in [-0.2, 0) is 10.0 Å². The van der Waals surface area contributed by atoms with Gasteiger partial charge in [-0.1, -0.05) is 23.7 Å². The standard InChI is InChI=1S/C14H15ClN2O3S/c1-10(11-4-3-5-12(15)8-11)17(2)21(19,20)13-6-7-14(18)16-9-13/h3-10H,1-2H3,(H,16,18). The number of aromatic amines is 1. The Hall–Kier alpha value is -1.63. The van der Waals surface area contributed by atoms with Crippen molar-refractivity contribution in [1.29, 1.82) is 0 Å². The molecule has 0 aliphatic carbocycles. The number of nitrogens with zero attached hydrogens (tertiary/aromatic N) is 1. The molecule has 0 aliphatic heterocycles. The van der Waals surface area contributed by atoms with Gasteiger partial charge in [0.05, 0.1) is 4.90 Å². The molecule has 0 radical (unpaired) electrons. The Morgan fingerprint density at radius 1 is 1.24 bits per heavy atom. The largest absolute Gasteiger partial charge is 0.328 e. The lowest BCUT2D eigenvalue weighted by Gasteiger charge is -2.24. The van der Waals surface area contributed by atoms with E-state index in [1.807, 2.05) is 6.07 Å². The van der Waals surface area contributed by atoms with Crippen molar-refractivity contribution in [1.82, 2.24) is 9.29 Å². The molecule has 5 nitrogen and oxygen atoms in total. The van der Waals surface area contributed by atoms with Gasteiger partial charge in [-0.15, -0.1) is 0 Å². The van der Waals surface area contributed by atoms with Crippen molar-refractivity contribution >= 4 is 21.6 Å². The van der Waals surface area contributed by atoms with Gasteiger partial charge in [-0.3, -0.25) is 4.79 Å². The molecule has 0 amide bonds. The van der Waals surface area contributed by atoms with Gasteiger partial charge in [-0.05, 0) is 30.7 Å². The zero-order chi connectivity index (χ0) is 15.6. The second kappa shape index (κ2) is 6.01. The normalized spacial score (nSPS) is 13.3. The number of halogens is 1. The fraction of sp³-hybridized carbons (Fsp3) is 0.214. The van der Waals surface area contributed by atoms with Crippen molar-refractivity contribution in [2.45, 2.75) is 17.9 Å². The Labute approximate surface area is 128 Å². The Balaban J connectivity index is 2.35. The van der Waals surface area contributed by atoms with E-state index in [0.717, 1.165) is 5.56 Å². The molecule has 21 heavy (non-hydrogen) atoms. The Kier molecular flexibility index (Phi) is 4.51. The number of benzene rings is 1. The quantitative estimate of drug-likeness (QED) is 0.938. The molecule has 0 saturated carbocycles. The molecule has 1 aromatic heterocycles. The molecular weight excluding hydrogens is 312 g/mol. The highest BCUT2D eigenvalue weighted by Gasteiger charge is 2.26. The summed E-state index contributed by atoms with van der Waals surface area (Å²) in [6.07, 6.45) is 1.19. The Bertz CT molecular complexity index is 781. The molecule has 7 heteroatoms. The predicted molar refractivity (Wildman–Crippen MR) is 81.9 cm³/mol. The molecule has 1 N–H and O–H groups in total. The van der Waals surface area contributed by atoms with Gasteiger partial charge >= 0.3 is 0 Å². The van der Waals surface area contributed by atoms with Crippen molar-refractivity contribution < 1.29 is 8.42 Å². The minimum atomic E-state index is -3.70. The summed E-state index contributed by atoms with van der Waals surface area (Å²) in [6, 6.07) is 9.13. The van der Waals surface area contributed by atoms with Gasteiger partial charge in [-0.25, -0.2) is 8.42 Å². The Morgan fingerprint density at radius 2 is 1.95 bits per heavy atom. The molecule has 0 fully saturated rings. The van der Waals surface area contributed by atoms with Crippen LogP contribution in [0.2, 0.25) is 5.02 Å². The van der Waals surface area contributed by atoms with Crippen LogP contribution in [0.1, 0.15) is 18.5 Å². The molecule has 112 valence electrons. The summed E-state index contributed by atoms with van der Waals surface area (Å²) in [5, 5.41) is 0.550. The summed E-state index contributed by atoms with van der Waals surface area (Å²) >= 11 is 5.93. The molecule has 0 aliphatic rings. The van der Waals surface area contributed by atoms with Crippen LogP contribution >= 0.6 is 11.6 Å². The molecule has 2 rings (SSSR count). The van der Waals surface area contributed by atoms with Crippen LogP contribution in [0.15, 0.2) is 52.3 Å². The average molecular weight is 327 g/mol. The molecular formula is C14H15ClN2O3S.